The second-order valence-electron chi connectivity index (χ2n) is 4.60. The number of aromatic nitrogens is 1. The molecule has 0 fully saturated rings. The van der Waals surface area contributed by atoms with Crippen LogP contribution in [-0.4, -0.2) is 17.1 Å². The monoisotopic (exact) mass is 320 g/mol. The molecule has 19 heavy (non-hydrogen) atoms. The molecule has 4 heteroatoms. The van der Waals surface area contributed by atoms with E-state index in [0.29, 0.717) is 0 Å². The van der Waals surface area contributed by atoms with Crippen LogP contribution < -0.4 is 4.90 Å². The molecular formula is C15H17BrN2O. The minimum Gasteiger partial charge on any atom is -0.389 e. The number of hydrogen-bond donors (Lipinski definition) is 1. The van der Waals surface area contributed by atoms with Crippen LogP contribution in [0.1, 0.15) is 24.2 Å². The van der Waals surface area contributed by atoms with E-state index in [1.807, 2.05) is 37.5 Å². The smallest absolute Gasteiger partial charge is 0.0762 e. The SMILES string of the molecule is CC(O)c1ccc(N(C)Cc2cccnc2)c(Br)c1. The van der Waals surface area contributed by atoms with Gasteiger partial charge in [0.15, 0.2) is 0 Å². The van der Waals surface area contributed by atoms with Crippen molar-refractivity contribution in [3.8, 4) is 0 Å². The molecule has 0 radical (unpaired) electrons. The van der Waals surface area contributed by atoms with Gasteiger partial charge in [0.1, 0.15) is 0 Å². The first-order chi connectivity index (χ1) is 9.08. The van der Waals surface area contributed by atoms with Crippen molar-refractivity contribution in [1.29, 1.82) is 0 Å². The lowest BCUT2D eigenvalue weighted by atomic mass is 10.1. The summed E-state index contributed by atoms with van der Waals surface area (Å²) in [5.41, 5.74) is 3.16. The Morgan fingerprint density at radius 3 is 2.74 bits per heavy atom. The third-order valence-electron chi connectivity index (χ3n) is 3.01. The van der Waals surface area contributed by atoms with Crippen LogP contribution in [0, 0.1) is 0 Å². The molecule has 1 heterocycles. The lowest BCUT2D eigenvalue weighted by molar-refractivity contribution is 0.199. The third-order valence-corrected chi connectivity index (χ3v) is 3.64. The van der Waals surface area contributed by atoms with Crippen molar-refractivity contribution >= 4 is 21.6 Å². The number of aliphatic hydroxyl groups is 1. The van der Waals surface area contributed by atoms with Gasteiger partial charge in [-0.25, -0.2) is 0 Å². The number of rotatable bonds is 4. The molecule has 1 atom stereocenters. The van der Waals surface area contributed by atoms with Crippen molar-refractivity contribution in [3.63, 3.8) is 0 Å². The highest BCUT2D eigenvalue weighted by atomic mass is 79.9. The normalized spacial score (nSPS) is 12.2. The van der Waals surface area contributed by atoms with E-state index in [1.54, 1.807) is 13.1 Å². The van der Waals surface area contributed by atoms with Crippen molar-refractivity contribution < 1.29 is 5.11 Å². The van der Waals surface area contributed by atoms with Gasteiger partial charge in [-0.1, -0.05) is 12.1 Å². The lowest BCUT2D eigenvalue weighted by Gasteiger charge is -2.21. The van der Waals surface area contributed by atoms with Crippen LogP contribution in [0.15, 0.2) is 47.2 Å². The van der Waals surface area contributed by atoms with E-state index < -0.39 is 6.10 Å². The first-order valence-electron chi connectivity index (χ1n) is 6.15. The van der Waals surface area contributed by atoms with E-state index >= 15 is 0 Å². The maximum absolute atomic E-state index is 9.57. The first-order valence-corrected chi connectivity index (χ1v) is 6.95. The molecule has 0 aliphatic heterocycles. The second kappa shape index (κ2) is 6.17. The summed E-state index contributed by atoms with van der Waals surface area (Å²) in [6.07, 6.45) is 3.19. The Labute approximate surface area is 122 Å². The van der Waals surface area contributed by atoms with Gasteiger partial charge in [-0.3, -0.25) is 4.98 Å². The predicted octanol–water partition coefficient (Wildman–Crippen LogP) is 3.53. The average Bonchev–Trinajstić information content (AvgIpc) is 2.39. The van der Waals surface area contributed by atoms with Gasteiger partial charge >= 0.3 is 0 Å². The van der Waals surface area contributed by atoms with E-state index in [4.69, 9.17) is 0 Å². The Morgan fingerprint density at radius 2 is 2.16 bits per heavy atom. The summed E-state index contributed by atoms with van der Waals surface area (Å²) in [5.74, 6) is 0. The van der Waals surface area contributed by atoms with Gasteiger partial charge in [-0.05, 0) is 52.2 Å². The molecule has 0 saturated heterocycles. The van der Waals surface area contributed by atoms with Crippen molar-refractivity contribution in [3.05, 3.63) is 58.3 Å². The maximum atomic E-state index is 9.57. The largest absolute Gasteiger partial charge is 0.389 e. The molecule has 0 spiro atoms. The Balaban J connectivity index is 2.17. The van der Waals surface area contributed by atoms with Crippen LogP contribution in [0.2, 0.25) is 0 Å². The minimum atomic E-state index is -0.450. The molecule has 1 aromatic carbocycles. The van der Waals surface area contributed by atoms with E-state index in [2.05, 4.69) is 31.9 Å². The zero-order valence-electron chi connectivity index (χ0n) is 11.0. The summed E-state index contributed by atoms with van der Waals surface area (Å²) in [6.45, 7) is 2.56. The average molecular weight is 321 g/mol. The molecule has 0 aliphatic rings. The van der Waals surface area contributed by atoms with Crippen LogP contribution in [0.25, 0.3) is 0 Å². The topological polar surface area (TPSA) is 36.4 Å². The third kappa shape index (κ3) is 3.55. The van der Waals surface area contributed by atoms with E-state index in [-0.39, 0.29) is 0 Å². The quantitative estimate of drug-likeness (QED) is 0.936. The Bertz CT molecular complexity index is 543. The van der Waals surface area contributed by atoms with E-state index in [9.17, 15) is 5.11 Å². The van der Waals surface area contributed by atoms with Crippen molar-refractivity contribution in [2.75, 3.05) is 11.9 Å². The van der Waals surface area contributed by atoms with Gasteiger partial charge in [-0.2, -0.15) is 0 Å². The zero-order valence-corrected chi connectivity index (χ0v) is 12.6. The van der Waals surface area contributed by atoms with Gasteiger partial charge in [0, 0.05) is 30.5 Å². The van der Waals surface area contributed by atoms with Gasteiger partial charge < -0.3 is 10.0 Å². The zero-order chi connectivity index (χ0) is 13.8. The number of hydrogen-bond acceptors (Lipinski definition) is 3. The molecule has 1 unspecified atom stereocenters. The molecule has 0 saturated carbocycles. The number of aliphatic hydroxyl groups excluding tert-OH is 1. The van der Waals surface area contributed by atoms with Crippen LogP contribution in [0.4, 0.5) is 5.69 Å². The molecule has 100 valence electrons. The molecule has 0 amide bonds. The van der Waals surface area contributed by atoms with Crippen LogP contribution >= 0.6 is 15.9 Å². The van der Waals surface area contributed by atoms with Crippen LogP contribution in [0.5, 0.6) is 0 Å². The van der Waals surface area contributed by atoms with Gasteiger partial charge in [0.25, 0.3) is 0 Å². The molecule has 2 rings (SSSR count). The number of halogens is 1. The summed E-state index contributed by atoms with van der Waals surface area (Å²) in [5, 5.41) is 9.57. The number of anilines is 1. The highest BCUT2D eigenvalue weighted by Gasteiger charge is 2.09. The molecule has 3 nitrogen and oxygen atoms in total. The molecule has 0 aliphatic carbocycles. The predicted molar refractivity (Wildman–Crippen MR) is 81.1 cm³/mol. The second-order valence-corrected chi connectivity index (χ2v) is 5.46. The highest BCUT2D eigenvalue weighted by molar-refractivity contribution is 9.10. The van der Waals surface area contributed by atoms with Crippen molar-refractivity contribution in [2.24, 2.45) is 0 Å². The fourth-order valence-electron chi connectivity index (χ4n) is 1.94. The fourth-order valence-corrected chi connectivity index (χ4v) is 2.64. The maximum Gasteiger partial charge on any atom is 0.0762 e. The Hall–Kier alpha value is -1.39. The highest BCUT2D eigenvalue weighted by Crippen LogP contribution is 2.29. The summed E-state index contributed by atoms with van der Waals surface area (Å²) < 4.78 is 0.984. The molecule has 0 bridgehead atoms. The summed E-state index contributed by atoms with van der Waals surface area (Å²) in [6, 6.07) is 9.92. The number of nitrogens with zero attached hydrogens (tertiary/aromatic N) is 2. The number of benzene rings is 1. The lowest BCUT2D eigenvalue weighted by Crippen LogP contribution is -2.17. The molecular weight excluding hydrogens is 304 g/mol. The molecule has 1 aromatic heterocycles. The molecule has 2 aromatic rings. The number of pyridine rings is 1. The summed E-state index contributed by atoms with van der Waals surface area (Å²) in [4.78, 5) is 6.27. The van der Waals surface area contributed by atoms with Gasteiger partial charge in [0.2, 0.25) is 0 Å². The van der Waals surface area contributed by atoms with Gasteiger partial charge in [-0.15, -0.1) is 0 Å². The fraction of sp³-hybridized carbons (Fsp3) is 0.267. The Kier molecular flexibility index (Phi) is 4.56. The van der Waals surface area contributed by atoms with Crippen molar-refractivity contribution in [2.45, 2.75) is 19.6 Å². The first kappa shape index (κ1) is 14.0. The summed E-state index contributed by atoms with van der Waals surface area (Å²) >= 11 is 3.56. The Morgan fingerprint density at radius 1 is 1.37 bits per heavy atom. The van der Waals surface area contributed by atoms with E-state index in [0.717, 1.165) is 27.8 Å². The molecule has 1 N–H and O–H groups in total. The van der Waals surface area contributed by atoms with E-state index in [1.165, 1.54) is 0 Å². The van der Waals surface area contributed by atoms with Crippen LogP contribution in [-0.2, 0) is 6.54 Å². The minimum absolute atomic E-state index is 0.450. The van der Waals surface area contributed by atoms with Crippen LogP contribution in [0.3, 0.4) is 0 Å². The van der Waals surface area contributed by atoms with Crippen molar-refractivity contribution in [1.82, 2.24) is 4.98 Å². The van der Waals surface area contributed by atoms with Gasteiger partial charge in [0.05, 0.1) is 11.8 Å². The summed E-state index contributed by atoms with van der Waals surface area (Å²) in [7, 11) is 2.04. The standard InChI is InChI=1S/C15H17BrN2O/c1-11(19)13-5-6-15(14(16)8-13)18(2)10-12-4-3-7-17-9-12/h3-9,11,19H,10H2,1-2H3.